The summed E-state index contributed by atoms with van der Waals surface area (Å²) in [5.74, 6) is -0.336. The summed E-state index contributed by atoms with van der Waals surface area (Å²) in [7, 11) is -2.44. The summed E-state index contributed by atoms with van der Waals surface area (Å²) < 4.78 is 39.4. The van der Waals surface area contributed by atoms with Crippen molar-refractivity contribution in [1.82, 2.24) is 14.7 Å². The molecule has 0 aliphatic heterocycles. The highest BCUT2D eigenvalue weighted by Gasteiger charge is 2.18. The van der Waals surface area contributed by atoms with Crippen LogP contribution in [0.15, 0.2) is 65.6 Å². The molecule has 0 radical (unpaired) electrons. The molecule has 158 valence electrons. The van der Waals surface area contributed by atoms with Gasteiger partial charge in [-0.25, -0.2) is 22.5 Å². The molecule has 3 aromatic carbocycles. The Balaban J connectivity index is 1.62. The van der Waals surface area contributed by atoms with E-state index in [0.29, 0.717) is 22.5 Å². The fraction of sp³-hybridized carbons (Fsp3) is 0.0476. The Labute approximate surface area is 182 Å². The molecule has 4 aromatic rings. The van der Waals surface area contributed by atoms with Gasteiger partial charge in [-0.2, -0.15) is 0 Å². The molecule has 0 aliphatic carbocycles. The van der Waals surface area contributed by atoms with Crippen LogP contribution in [0.25, 0.3) is 22.4 Å². The molecule has 0 atom stereocenters. The molecule has 1 aromatic heterocycles. The molecule has 10 heteroatoms. The second kappa shape index (κ2) is 8.10. The van der Waals surface area contributed by atoms with Gasteiger partial charge in [-0.1, -0.05) is 11.6 Å². The molecule has 0 unspecified atom stereocenters. The number of aromatic nitrogens is 2. The van der Waals surface area contributed by atoms with E-state index in [1.54, 1.807) is 30.3 Å². The van der Waals surface area contributed by atoms with Crippen LogP contribution in [0.1, 0.15) is 10.4 Å². The van der Waals surface area contributed by atoms with Crippen LogP contribution in [0, 0.1) is 5.82 Å². The summed E-state index contributed by atoms with van der Waals surface area (Å²) in [6.07, 6.45) is 0. The number of anilines is 1. The van der Waals surface area contributed by atoms with Crippen molar-refractivity contribution in [1.29, 1.82) is 0 Å². The van der Waals surface area contributed by atoms with E-state index in [1.165, 1.54) is 37.4 Å². The number of fused-ring (bicyclic) bond motifs is 1. The Morgan fingerprint density at radius 2 is 1.81 bits per heavy atom. The number of nitrogens with zero attached hydrogens (tertiary/aromatic N) is 1. The zero-order valence-electron chi connectivity index (χ0n) is 16.1. The van der Waals surface area contributed by atoms with Crippen molar-refractivity contribution in [3.05, 3.63) is 77.1 Å². The maximum atomic E-state index is 13.1. The van der Waals surface area contributed by atoms with Crippen LogP contribution in [0.2, 0.25) is 5.02 Å². The summed E-state index contributed by atoms with van der Waals surface area (Å²) in [5, 5.41) is 2.83. The lowest BCUT2D eigenvalue weighted by atomic mass is 10.2. The standard InChI is InChI=1S/C21H16ClFN4O3S/c1-24-31(29,30)15-7-8-17(22)16(11-15)21(28)25-14-6-9-18-19(10-14)27-20(26-18)12-2-4-13(23)5-3-12/h2-11,24H,1H3,(H,25,28)(H,26,27). The number of sulfonamides is 1. The van der Waals surface area contributed by atoms with Crippen molar-refractivity contribution in [3.63, 3.8) is 0 Å². The van der Waals surface area contributed by atoms with Gasteiger partial charge in [0.05, 0.1) is 26.5 Å². The Kier molecular flexibility index (Phi) is 5.48. The molecule has 0 fully saturated rings. The number of amides is 1. The number of aromatic amines is 1. The average molecular weight is 459 g/mol. The van der Waals surface area contributed by atoms with E-state index < -0.39 is 15.9 Å². The van der Waals surface area contributed by atoms with Crippen molar-refractivity contribution in [2.24, 2.45) is 0 Å². The van der Waals surface area contributed by atoms with E-state index in [1.807, 2.05) is 0 Å². The van der Waals surface area contributed by atoms with Crippen LogP contribution in [0.3, 0.4) is 0 Å². The lowest BCUT2D eigenvalue weighted by molar-refractivity contribution is 0.102. The van der Waals surface area contributed by atoms with Crippen molar-refractivity contribution in [3.8, 4) is 11.4 Å². The van der Waals surface area contributed by atoms with E-state index in [4.69, 9.17) is 11.6 Å². The van der Waals surface area contributed by atoms with E-state index in [0.717, 1.165) is 5.56 Å². The minimum atomic E-state index is -3.72. The van der Waals surface area contributed by atoms with Crippen LogP contribution in [0.4, 0.5) is 10.1 Å². The molecule has 1 amide bonds. The van der Waals surface area contributed by atoms with Gasteiger partial charge >= 0.3 is 0 Å². The van der Waals surface area contributed by atoms with Crippen LogP contribution in [-0.2, 0) is 10.0 Å². The average Bonchev–Trinajstić information content (AvgIpc) is 3.17. The van der Waals surface area contributed by atoms with Crippen LogP contribution >= 0.6 is 11.6 Å². The van der Waals surface area contributed by atoms with Crippen LogP contribution < -0.4 is 10.0 Å². The number of halogens is 2. The zero-order chi connectivity index (χ0) is 22.2. The fourth-order valence-corrected chi connectivity index (χ4v) is 3.95. The highest BCUT2D eigenvalue weighted by molar-refractivity contribution is 7.89. The van der Waals surface area contributed by atoms with Gasteiger partial charge in [0, 0.05) is 11.3 Å². The fourth-order valence-electron chi connectivity index (χ4n) is 2.99. The maximum absolute atomic E-state index is 13.1. The van der Waals surface area contributed by atoms with Gasteiger partial charge in [0.1, 0.15) is 11.6 Å². The molecule has 31 heavy (non-hydrogen) atoms. The summed E-state index contributed by atoms with van der Waals surface area (Å²) in [6.45, 7) is 0. The number of nitrogens with one attached hydrogen (secondary N) is 3. The second-order valence-corrected chi connectivity index (χ2v) is 8.92. The van der Waals surface area contributed by atoms with Gasteiger partial charge in [-0.15, -0.1) is 0 Å². The number of imidazole rings is 1. The molecular weight excluding hydrogens is 443 g/mol. The molecule has 7 nitrogen and oxygen atoms in total. The third-order valence-electron chi connectivity index (χ3n) is 4.62. The number of carbonyl (C=O) groups is 1. The van der Waals surface area contributed by atoms with Crippen molar-refractivity contribution < 1.29 is 17.6 Å². The first-order valence-electron chi connectivity index (χ1n) is 9.07. The summed E-state index contributed by atoms with van der Waals surface area (Å²) in [6, 6.07) is 14.9. The van der Waals surface area contributed by atoms with Crippen LogP contribution in [0.5, 0.6) is 0 Å². The number of benzene rings is 3. The quantitative estimate of drug-likeness (QED) is 0.417. The number of hydrogen-bond acceptors (Lipinski definition) is 4. The van der Waals surface area contributed by atoms with Gasteiger partial charge in [0.25, 0.3) is 5.91 Å². The summed E-state index contributed by atoms with van der Waals surface area (Å²) >= 11 is 6.11. The molecule has 4 rings (SSSR count). The highest BCUT2D eigenvalue weighted by Crippen LogP contribution is 2.25. The molecular formula is C21H16ClFN4O3S. The van der Waals surface area contributed by atoms with Crippen molar-refractivity contribution in [2.45, 2.75) is 4.90 Å². The Morgan fingerprint density at radius 1 is 1.06 bits per heavy atom. The predicted octanol–water partition coefficient (Wildman–Crippen LogP) is 4.18. The highest BCUT2D eigenvalue weighted by atomic mass is 35.5. The summed E-state index contributed by atoms with van der Waals surface area (Å²) in [5.41, 5.74) is 2.53. The largest absolute Gasteiger partial charge is 0.338 e. The minimum Gasteiger partial charge on any atom is -0.338 e. The smallest absolute Gasteiger partial charge is 0.257 e. The number of carbonyl (C=O) groups excluding carboxylic acids is 1. The van der Waals surface area contributed by atoms with Gasteiger partial charge < -0.3 is 10.3 Å². The molecule has 0 bridgehead atoms. The number of rotatable bonds is 5. The third-order valence-corrected chi connectivity index (χ3v) is 6.36. The molecule has 3 N–H and O–H groups in total. The van der Waals surface area contributed by atoms with Gasteiger partial charge in [-0.3, -0.25) is 4.79 Å². The van der Waals surface area contributed by atoms with Gasteiger partial charge in [0.2, 0.25) is 10.0 Å². The second-order valence-electron chi connectivity index (χ2n) is 6.63. The monoisotopic (exact) mass is 458 g/mol. The van der Waals surface area contributed by atoms with Gasteiger partial charge in [-0.05, 0) is 67.7 Å². The van der Waals surface area contributed by atoms with Crippen molar-refractivity contribution >= 4 is 44.3 Å². The SMILES string of the molecule is CNS(=O)(=O)c1ccc(Cl)c(C(=O)Nc2ccc3nc(-c4ccc(F)cc4)[nH]c3c2)c1. The van der Waals surface area contributed by atoms with E-state index in [2.05, 4.69) is 20.0 Å². The molecule has 0 spiro atoms. The summed E-state index contributed by atoms with van der Waals surface area (Å²) in [4.78, 5) is 20.3. The zero-order valence-corrected chi connectivity index (χ0v) is 17.7. The van der Waals surface area contributed by atoms with Gasteiger partial charge in [0.15, 0.2) is 0 Å². The first kappa shape index (κ1) is 21.0. The Bertz CT molecular complexity index is 1400. The Morgan fingerprint density at radius 3 is 2.52 bits per heavy atom. The molecule has 0 saturated carbocycles. The van der Waals surface area contributed by atoms with E-state index >= 15 is 0 Å². The minimum absolute atomic E-state index is 0.0229. The first-order valence-corrected chi connectivity index (χ1v) is 10.9. The Hall–Kier alpha value is -3.27. The third kappa shape index (κ3) is 4.29. The number of hydrogen-bond donors (Lipinski definition) is 3. The normalized spacial score (nSPS) is 11.6. The topological polar surface area (TPSA) is 104 Å². The lowest BCUT2D eigenvalue weighted by Gasteiger charge is -2.09. The lowest BCUT2D eigenvalue weighted by Crippen LogP contribution is -2.20. The molecule has 1 heterocycles. The predicted molar refractivity (Wildman–Crippen MR) is 117 cm³/mol. The molecule has 0 saturated heterocycles. The molecule has 0 aliphatic rings. The van der Waals surface area contributed by atoms with E-state index in [9.17, 15) is 17.6 Å². The van der Waals surface area contributed by atoms with Crippen molar-refractivity contribution in [2.75, 3.05) is 12.4 Å². The van der Waals surface area contributed by atoms with Crippen LogP contribution in [-0.4, -0.2) is 31.3 Å². The van der Waals surface area contributed by atoms with E-state index in [-0.39, 0.29) is 21.3 Å². The number of H-pyrrole nitrogens is 1. The maximum Gasteiger partial charge on any atom is 0.257 e. The first-order chi connectivity index (χ1) is 14.8.